The Kier molecular flexibility index (Phi) is 6.47. The van der Waals surface area contributed by atoms with E-state index in [2.05, 4.69) is 14.9 Å². The molecule has 1 aromatic heterocycles. The molecule has 134 valence electrons. The number of likely N-dealkylation sites (N-methyl/N-ethyl adjacent to an activating group) is 1. The van der Waals surface area contributed by atoms with E-state index >= 15 is 0 Å². The van der Waals surface area contributed by atoms with Crippen LogP contribution in [0.1, 0.15) is 16.2 Å². The number of carbonyl (C=O) groups is 1. The lowest BCUT2D eigenvalue weighted by atomic mass is 9.96. The lowest BCUT2D eigenvalue weighted by molar-refractivity contribution is 0.0776. The van der Waals surface area contributed by atoms with Crippen molar-refractivity contribution < 1.29 is 14.6 Å². The number of rotatable bonds is 7. The van der Waals surface area contributed by atoms with Gasteiger partial charge in [0, 0.05) is 52.0 Å². The van der Waals surface area contributed by atoms with Crippen LogP contribution in [0.2, 0.25) is 0 Å². The molecular weight excluding hydrogens is 312 g/mol. The van der Waals surface area contributed by atoms with Crippen molar-refractivity contribution >= 4 is 5.91 Å². The predicted octanol–water partition coefficient (Wildman–Crippen LogP) is -0.663. The molecule has 1 fully saturated rings. The van der Waals surface area contributed by atoms with Gasteiger partial charge in [-0.15, -0.1) is 0 Å². The highest BCUT2D eigenvalue weighted by molar-refractivity contribution is 5.93. The lowest BCUT2D eigenvalue weighted by Gasteiger charge is -2.23. The van der Waals surface area contributed by atoms with Crippen LogP contribution in [0.15, 0.2) is 11.0 Å². The molecule has 2 heterocycles. The van der Waals surface area contributed by atoms with Crippen LogP contribution in [-0.2, 0) is 4.74 Å². The molecule has 1 aromatic rings. The van der Waals surface area contributed by atoms with Crippen molar-refractivity contribution in [3.63, 3.8) is 0 Å². The number of nitrogens with one attached hydrogen (secondary N) is 1. The van der Waals surface area contributed by atoms with E-state index in [-0.39, 0.29) is 29.9 Å². The highest BCUT2D eigenvalue weighted by Crippen LogP contribution is 2.24. The van der Waals surface area contributed by atoms with Crippen LogP contribution in [0.3, 0.4) is 0 Å². The Morgan fingerprint density at radius 1 is 1.50 bits per heavy atom. The Bertz CT molecular complexity index is 618. The van der Waals surface area contributed by atoms with E-state index < -0.39 is 5.56 Å². The van der Waals surface area contributed by atoms with Gasteiger partial charge in [0.2, 0.25) is 0 Å². The zero-order valence-corrected chi connectivity index (χ0v) is 14.5. The summed E-state index contributed by atoms with van der Waals surface area (Å²) in [6.45, 7) is 4.86. The number of aromatic amines is 1. The van der Waals surface area contributed by atoms with Gasteiger partial charge in [0.1, 0.15) is 11.4 Å². The van der Waals surface area contributed by atoms with Crippen molar-refractivity contribution in [2.45, 2.75) is 6.92 Å². The number of amides is 1. The van der Waals surface area contributed by atoms with Crippen LogP contribution < -0.4 is 5.56 Å². The molecule has 0 unspecified atom stereocenters. The van der Waals surface area contributed by atoms with Gasteiger partial charge in [-0.25, -0.2) is 4.98 Å². The number of aliphatic hydroxyl groups excluding tert-OH is 1. The van der Waals surface area contributed by atoms with Gasteiger partial charge in [-0.05, 0) is 19.9 Å². The Morgan fingerprint density at radius 2 is 2.21 bits per heavy atom. The van der Waals surface area contributed by atoms with Gasteiger partial charge >= 0.3 is 0 Å². The molecule has 0 spiro atoms. The predicted molar refractivity (Wildman–Crippen MR) is 88.9 cm³/mol. The van der Waals surface area contributed by atoms with Crippen molar-refractivity contribution in [2.75, 3.05) is 53.6 Å². The third-order valence-electron chi connectivity index (χ3n) is 4.48. The molecule has 1 aliphatic rings. The number of ether oxygens (including phenoxy) is 1. The van der Waals surface area contributed by atoms with Crippen molar-refractivity contribution in [3.8, 4) is 0 Å². The summed E-state index contributed by atoms with van der Waals surface area (Å²) < 4.78 is 5.07. The van der Waals surface area contributed by atoms with Crippen LogP contribution in [0.5, 0.6) is 0 Å². The maximum atomic E-state index is 12.6. The van der Waals surface area contributed by atoms with Gasteiger partial charge in [-0.3, -0.25) is 9.59 Å². The molecule has 0 aromatic carbocycles. The number of methoxy groups -OCH3 is 1. The first-order valence-corrected chi connectivity index (χ1v) is 8.09. The molecule has 2 atom stereocenters. The van der Waals surface area contributed by atoms with Crippen LogP contribution in [0.25, 0.3) is 0 Å². The fourth-order valence-electron chi connectivity index (χ4n) is 3.06. The number of likely N-dealkylation sites (tertiary alicyclic amines) is 1. The second kappa shape index (κ2) is 8.36. The zero-order chi connectivity index (χ0) is 17.7. The van der Waals surface area contributed by atoms with E-state index in [1.807, 2.05) is 7.05 Å². The molecule has 0 saturated carbocycles. The second-order valence-electron chi connectivity index (χ2n) is 6.38. The van der Waals surface area contributed by atoms with Crippen LogP contribution in [-0.4, -0.2) is 84.3 Å². The smallest absolute Gasteiger partial charge is 0.263 e. The average molecular weight is 338 g/mol. The van der Waals surface area contributed by atoms with Crippen LogP contribution >= 0.6 is 0 Å². The number of nitrogens with zero attached hydrogens (tertiary/aromatic N) is 3. The van der Waals surface area contributed by atoms with E-state index in [9.17, 15) is 14.7 Å². The molecule has 1 saturated heterocycles. The summed E-state index contributed by atoms with van der Waals surface area (Å²) in [6, 6.07) is 0. The second-order valence-corrected chi connectivity index (χ2v) is 6.38. The summed E-state index contributed by atoms with van der Waals surface area (Å²) in [5.41, 5.74) is -0.376. The van der Waals surface area contributed by atoms with Crippen molar-refractivity contribution in [1.29, 1.82) is 0 Å². The minimum atomic E-state index is -0.422. The topological polar surface area (TPSA) is 98.8 Å². The summed E-state index contributed by atoms with van der Waals surface area (Å²) in [5.74, 6) is 0.322. The number of carbonyl (C=O) groups excluding carboxylic acids is 1. The van der Waals surface area contributed by atoms with Crippen molar-refractivity contribution in [1.82, 2.24) is 19.8 Å². The number of H-pyrrole nitrogens is 1. The fourth-order valence-corrected chi connectivity index (χ4v) is 3.06. The minimum Gasteiger partial charge on any atom is -0.396 e. The van der Waals surface area contributed by atoms with Crippen molar-refractivity contribution in [3.05, 3.63) is 27.9 Å². The largest absolute Gasteiger partial charge is 0.396 e. The standard InChI is InChI=1S/C16H26N4O4/c1-11-17-6-14(15(22)18-11)16(23)20-8-12(13(9-20)10-21)7-19(2)4-5-24-3/h6,12-13,21H,4-5,7-10H2,1-3H3,(H,17,18,22)/t12-,13-/m1/s1. The molecule has 0 bridgehead atoms. The molecular formula is C16H26N4O4. The van der Waals surface area contributed by atoms with E-state index in [0.717, 1.165) is 13.1 Å². The van der Waals surface area contributed by atoms with E-state index in [0.29, 0.717) is 25.5 Å². The minimum absolute atomic E-state index is 0.0106. The number of hydrogen-bond donors (Lipinski definition) is 2. The number of aromatic nitrogens is 2. The summed E-state index contributed by atoms with van der Waals surface area (Å²) in [6.07, 6.45) is 1.32. The quantitative estimate of drug-likeness (QED) is 0.685. The monoisotopic (exact) mass is 338 g/mol. The molecule has 2 N–H and O–H groups in total. The highest BCUT2D eigenvalue weighted by Gasteiger charge is 2.36. The Labute approximate surface area is 141 Å². The van der Waals surface area contributed by atoms with Crippen molar-refractivity contribution in [2.24, 2.45) is 11.8 Å². The zero-order valence-electron chi connectivity index (χ0n) is 14.5. The molecule has 0 aliphatic carbocycles. The maximum Gasteiger partial charge on any atom is 0.263 e. The summed E-state index contributed by atoms with van der Waals surface area (Å²) >= 11 is 0. The number of aryl methyl sites for hydroxylation is 1. The van der Waals surface area contributed by atoms with Crippen LogP contribution in [0.4, 0.5) is 0 Å². The van der Waals surface area contributed by atoms with E-state index in [4.69, 9.17) is 4.74 Å². The summed E-state index contributed by atoms with van der Waals surface area (Å²) in [4.78, 5) is 34.9. The Hall–Kier alpha value is -1.77. The third kappa shape index (κ3) is 4.40. The highest BCUT2D eigenvalue weighted by atomic mass is 16.5. The fraction of sp³-hybridized carbons (Fsp3) is 0.688. The van der Waals surface area contributed by atoms with Gasteiger partial charge in [0.05, 0.1) is 6.61 Å². The average Bonchev–Trinajstić information content (AvgIpc) is 2.95. The third-order valence-corrected chi connectivity index (χ3v) is 4.48. The van der Waals surface area contributed by atoms with Gasteiger partial charge in [-0.2, -0.15) is 0 Å². The molecule has 0 radical (unpaired) electrons. The molecule has 1 amide bonds. The molecule has 8 nitrogen and oxygen atoms in total. The van der Waals surface area contributed by atoms with Gasteiger partial charge in [0.15, 0.2) is 0 Å². The Balaban J connectivity index is 2.04. The normalized spacial score (nSPS) is 20.8. The SMILES string of the molecule is COCCN(C)C[C@@H]1CN(C(=O)c2cnc(C)[nH]c2=O)C[C@@H]1CO. The molecule has 8 heteroatoms. The molecule has 1 aliphatic heterocycles. The van der Waals surface area contributed by atoms with E-state index in [1.54, 1.807) is 18.9 Å². The summed E-state index contributed by atoms with van der Waals surface area (Å²) in [5, 5.41) is 9.63. The molecule has 24 heavy (non-hydrogen) atoms. The first-order chi connectivity index (χ1) is 11.5. The molecule has 2 rings (SSSR count). The van der Waals surface area contributed by atoms with E-state index in [1.165, 1.54) is 6.20 Å². The lowest BCUT2D eigenvalue weighted by Crippen LogP contribution is -2.35. The van der Waals surface area contributed by atoms with Gasteiger partial charge in [-0.1, -0.05) is 0 Å². The first kappa shape index (κ1) is 18.6. The van der Waals surface area contributed by atoms with Crippen LogP contribution in [0, 0.1) is 18.8 Å². The Morgan fingerprint density at radius 3 is 2.83 bits per heavy atom. The first-order valence-electron chi connectivity index (χ1n) is 8.09. The van der Waals surface area contributed by atoms with Gasteiger partial charge < -0.3 is 24.6 Å². The number of hydrogen-bond acceptors (Lipinski definition) is 6. The summed E-state index contributed by atoms with van der Waals surface area (Å²) in [7, 11) is 3.65. The number of aliphatic hydroxyl groups is 1. The van der Waals surface area contributed by atoms with Gasteiger partial charge in [0.25, 0.3) is 11.5 Å². The maximum absolute atomic E-state index is 12.6.